The van der Waals surface area contributed by atoms with Gasteiger partial charge in [0.25, 0.3) is 5.91 Å². The summed E-state index contributed by atoms with van der Waals surface area (Å²) in [6, 6.07) is 26.3. The molecule has 6 heteroatoms. The molecule has 0 atom stereocenters. The van der Waals surface area contributed by atoms with E-state index in [-0.39, 0.29) is 12.7 Å². The molecule has 37 heavy (non-hydrogen) atoms. The minimum atomic E-state index is 0.0883. The van der Waals surface area contributed by atoms with Crippen LogP contribution in [0.1, 0.15) is 34.5 Å². The normalized spacial score (nSPS) is 15.2. The number of benzene rings is 3. The van der Waals surface area contributed by atoms with Gasteiger partial charge in [-0.05, 0) is 73.6 Å². The Morgan fingerprint density at radius 2 is 1.65 bits per heavy atom. The van der Waals surface area contributed by atoms with E-state index in [2.05, 4.69) is 34.9 Å². The molecule has 0 unspecified atom stereocenters. The molecule has 0 aliphatic carbocycles. The lowest BCUT2D eigenvalue weighted by atomic mass is 9.90. The third kappa shape index (κ3) is 4.72. The summed E-state index contributed by atoms with van der Waals surface area (Å²) in [6.45, 7) is 3.79. The Bertz CT molecular complexity index is 1420. The fraction of sp³-hybridized carbons (Fsp3) is 0.258. The van der Waals surface area contributed by atoms with Crippen LogP contribution in [0.2, 0.25) is 5.02 Å². The lowest BCUT2D eigenvalue weighted by molar-refractivity contribution is 0.0690. The van der Waals surface area contributed by atoms with Crippen LogP contribution in [0.25, 0.3) is 16.9 Å². The molecule has 4 aromatic rings. The van der Waals surface area contributed by atoms with E-state index in [1.165, 1.54) is 5.56 Å². The van der Waals surface area contributed by atoms with Crippen LogP contribution in [0.15, 0.2) is 78.9 Å². The van der Waals surface area contributed by atoms with Crippen LogP contribution < -0.4 is 9.47 Å². The summed E-state index contributed by atoms with van der Waals surface area (Å²) in [5.74, 6) is 2.14. The van der Waals surface area contributed by atoms with Crippen molar-refractivity contribution < 1.29 is 14.3 Å². The first-order valence-electron chi connectivity index (χ1n) is 12.8. The second-order valence-corrected chi connectivity index (χ2v) is 10.3. The molecule has 0 N–H and O–H groups in total. The van der Waals surface area contributed by atoms with E-state index >= 15 is 0 Å². The molecule has 5 nitrogen and oxygen atoms in total. The van der Waals surface area contributed by atoms with E-state index in [1.54, 1.807) is 0 Å². The maximum Gasteiger partial charge on any atom is 0.255 e. The molecule has 6 rings (SSSR count). The molecule has 2 aliphatic heterocycles. The fourth-order valence-corrected chi connectivity index (χ4v) is 5.60. The molecule has 0 bridgehead atoms. The number of amides is 1. The Kier molecular flexibility index (Phi) is 6.39. The monoisotopic (exact) mass is 512 g/mol. The van der Waals surface area contributed by atoms with E-state index in [4.69, 9.17) is 21.1 Å². The number of hydrogen-bond donors (Lipinski definition) is 0. The Morgan fingerprint density at radius 1 is 0.919 bits per heavy atom. The number of fused-ring (bicyclic) bond motifs is 1. The fourth-order valence-electron chi connectivity index (χ4n) is 5.47. The van der Waals surface area contributed by atoms with Crippen LogP contribution in [0.3, 0.4) is 0 Å². The van der Waals surface area contributed by atoms with Crippen LogP contribution in [0, 0.1) is 12.8 Å². The molecule has 0 spiro atoms. The second-order valence-electron chi connectivity index (χ2n) is 9.83. The largest absolute Gasteiger partial charge is 0.454 e. The van der Waals surface area contributed by atoms with Gasteiger partial charge in [-0.3, -0.25) is 4.79 Å². The van der Waals surface area contributed by atoms with Gasteiger partial charge in [0, 0.05) is 35.6 Å². The molecule has 1 fully saturated rings. The lowest BCUT2D eigenvalue weighted by Crippen LogP contribution is -2.39. The third-order valence-electron chi connectivity index (χ3n) is 7.50. The van der Waals surface area contributed by atoms with Gasteiger partial charge < -0.3 is 18.9 Å². The van der Waals surface area contributed by atoms with Crippen molar-refractivity contribution in [1.82, 2.24) is 9.47 Å². The van der Waals surface area contributed by atoms with Gasteiger partial charge in [0.05, 0.1) is 11.3 Å². The van der Waals surface area contributed by atoms with Crippen LogP contribution in [0.5, 0.6) is 11.5 Å². The highest BCUT2D eigenvalue weighted by molar-refractivity contribution is 6.30. The van der Waals surface area contributed by atoms with Crippen LogP contribution in [-0.2, 0) is 6.42 Å². The molecule has 3 heterocycles. The number of likely N-dealkylation sites (tertiary alicyclic amines) is 1. The highest BCUT2D eigenvalue weighted by Gasteiger charge is 2.28. The average molecular weight is 513 g/mol. The van der Waals surface area contributed by atoms with Gasteiger partial charge in [-0.15, -0.1) is 0 Å². The number of aromatic nitrogens is 1. The van der Waals surface area contributed by atoms with E-state index in [0.717, 1.165) is 66.3 Å². The first kappa shape index (κ1) is 23.7. The number of piperidine rings is 1. The number of carbonyl (C=O) groups is 1. The lowest BCUT2D eigenvalue weighted by Gasteiger charge is -2.32. The molecule has 1 amide bonds. The summed E-state index contributed by atoms with van der Waals surface area (Å²) in [6.07, 6.45) is 3.11. The topological polar surface area (TPSA) is 43.7 Å². The number of carbonyl (C=O) groups excluding carboxylic acids is 1. The van der Waals surface area contributed by atoms with Gasteiger partial charge in [0.1, 0.15) is 0 Å². The summed E-state index contributed by atoms with van der Waals surface area (Å²) in [4.78, 5) is 15.8. The van der Waals surface area contributed by atoms with Gasteiger partial charge in [-0.25, -0.2) is 0 Å². The molecule has 0 radical (unpaired) electrons. The Hall–Kier alpha value is -3.70. The first-order valence-corrected chi connectivity index (χ1v) is 13.2. The molecule has 1 aromatic heterocycles. The van der Waals surface area contributed by atoms with Crippen molar-refractivity contribution in [3.8, 4) is 28.4 Å². The van der Waals surface area contributed by atoms with E-state index in [0.29, 0.717) is 16.7 Å². The highest BCUT2D eigenvalue weighted by Crippen LogP contribution is 2.37. The zero-order valence-electron chi connectivity index (χ0n) is 20.8. The van der Waals surface area contributed by atoms with Gasteiger partial charge in [0.2, 0.25) is 6.79 Å². The number of rotatable bonds is 5. The summed E-state index contributed by atoms with van der Waals surface area (Å²) in [7, 11) is 0. The smallest absolute Gasteiger partial charge is 0.255 e. The highest BCUT2D eigenvalue weighted by atomic mass is 35.5. The van der Waals surface area contributed by atoms with Crippen LogP contribution in [-0.4, -0.2) is 35.3 Å². The summed E-state index contributed by atoms with van der Waals surface area (Å²) >= 11 is 6.17. The third-order valence-corrected chi connectivity index (χ3v) is 7.75. The minimum Gasteiger partial charge on any atom is -0.454 e. The predicted molar refractivity (Wildman–Crippen MR) is 146 cm³/mol. The van der Waals surface area contributed by atoms with Crippen molar-refractivity contribution in [2.45, 2.75) is 26.2 Å². The number of nitrogens with zero attached hydrogens (tertiary/aromatic N) is 2. The zero-order valence-corrected chi connectivity index (χ0v) is 21.6. The van der Waals surface area contributed by atoms with Crippen molar-refractivity contribution in [3.63, 3.8) is 0 Å². The average Bonchev–Trinajstić information content (AvgIpc) is 3.53. The molecular formula is C31H29ClN2O3. The standard InChI is InChI=1S/C31H29ClN2O3/c1-21-27(31(35)33-15-13-23(14-16-33)17-22-5-3-2-4-6-22)19-28(24-7-9-25(32)10-8-24)34(21)26-11-12-29-30(18-26)37-20-36-29/h2-12,18-19,23H,13-17,20H2,1H3. The second kappa shape index (κ2) is 9.98. The predicted octanol–water partition coefficient (Wildman–Crippen LogP) is 6.93. The van der Waals surface area contributed by atoms with Gasteiger partial charge >= 0.3 is 0 Å². The molecule has 188 valence electrons. The Balaban J connectivity index is 1.29. The number of ether oxygens (including phenoxy) is 2. The quantitative estimate of drug-likeness (QED) is 0.291. The Labute approximate surface area is 222 Å². The van der Waals surface area contributed by atoms with Gasteiger partial charge in [-0.1, -0.05) is 54.1 Å². The van der Waals surface area contributed by atoms with Crippen LogP contribution >= 0.6 is 11.6 Å². The van der Waals surface area contributed by atoms with Crippen molar-refractivity contribution in [1.29, 1.82) is 0 Å². The first-order chi connectivity index (χ1) is 18.1. The van der Waals surface area contributed by atoms with Gasteiger partial charge in [-0.2, -0.15) is 0 Å². The molecule has 2 aliphatic rings. The zero-order chi connectivity index (χ0) is 25.4. The summed E-state index contributed by atoms with van der Waals surface area (Å²) in [5.41, 5.74) is 5.86. The van der Waals surface area contributed by atoms with Gasteiger partial charge in [0.15, 0.2) is 11.5 Å². The molecule has 1 saturated heterocycles. The maximum atomic E-state index is 13.8. The van der Waals surface area contributed by atoms with E-state index in [9.17, 15) is 4.79 Å². The van der Waals surface area contributed by atoms with Crippen molar-refractivity contribution in [2.75, 3.05) is 19.9 Å². The SMILES string of the molecule is Cc1c(C(=O)N2CCC(Cc3ccccc3)CC2)cc(-c2ccc(Cl)cc2)n1-c1ccc2c(c1)OCO2. The van der Waals surface area contributed by atoms with Crippen molar-refractivity contribution in [3.05, 3.63) is 101 Å². The maximum absolute atomic E-state index is 13.8. The van der Waals surface area contributed by atoms with Crippen LogP contribution in [0.4, 0.5) is 0 Å². The minimum absolute atomic E-state index is 0.0883. The summed E-state index contributed by atoms with van der Waals surface area (Å²) in [5, 5.41) is 0.677. The number of hydrogen-bond acceptors (Lipinski definition) is 3. The van der Waals surface area contributed by atoms with E-state index < -0.39 is 0 Å². The summed E-state index contributed by atoms with van der Waals surface area (Å²) < 4.78 is 13.3. The molecule has 0 saturated carbocycles. The van der Waals surface area contributed by atoms with Crippen molar-refractivity contribution >= 4 is 17.5 Å². The number of halogens is 1. The van der Waals surface area contributed by atoms with Crippen molar-refractivity contribution in [2.24, 2.45) is 5.92 Å². The Morgan fingerprint density at radius 3 is 2.41 bits per heavy atom. The molecular weight excluding hydrogens is 484 g/mol. The molecule has 3 aromatic carbocycles. The van der Waals surface area contributed by atoms with E-state index in [1.807, 2.05) is 60.4 Å².